The van der Waals surface area contributed by atoms with E-state index in [4.69, 9.17) is 25.7 Å². The monoisotopic (exact) mass is 891 g/mol. The third-order valence-corrected chi connectivity index (χ3v) is 8.30. The third kappa shape index (κ3) is 23.0. The van der Waals surface area contributed by atoms with Crippen LogP contribution in [0.1, 0.15) is 59.7 Å². The minimum absolute atomic E-state index is 0.351. The summed E-state index contributed by atoms with van der Waals surface area (Å²) >= 11 is 3.26. The predicted molar refractivity (Wildman–Crippen MR) is 253 cm³/mol. The Labute approximate surface area is 376 Å². The summed E-state index contributed by atoms with van der Waals surface area (Å²) in [6, 6.07) is 37.0. The van der Waals surface area contributed by atoms with Gasteiger partial charge in [-0.2, -0.15) is 0 Å². The number of ether oxygens (including phenoxy) is 2. The number of halogens is 1. The van der Waals surface area contributed by atoms with Gasteiger partial charge in [-0.15, -0.1) is 38.5 Å². The molecule has 0 atom stereocenters. The molecule has 0 spiro atoms. The summed E-state index contributed by atoms with van der Waals surface area (Å²) in [7, 11) is 8.01. The molecule has 0 saturated carbocycles. The van der Waals surface area contributed by atoms with Gasteiger partial charge in [-0.3, -0.25) is 9.59 Å². The van der Waals surface area contributed by atoms with Crippen LogP contribution in [0.2, 0.25) is 0 Å². The molecule has 1 N–H and O–H groups in total. The zero-order valence-electron chi connectivity index (χ0n) is 35.5. The molecule has 0 aliphatic carbocycles. The Morgan fingerprint density at radius 2 is 0.823 bits per heavy atom. The van der Waals surface area contributed by atoms with E-state index in [1.165, 1.54) is 29.6 Å². The SMILES string of the molecule is C#C.C#Cc1ccc(C=O)cc1.C#Cc1ccc(CN(C)C(=O)OC)cc1.C#Cc1ccc(CN(C)C(=O)OC)cc1.C#Cc1ccc(CNC)cc1.O=Cc1ccc(Br)cc1. The molecule has 0 saturated heterocycles. The number of nitrogens with one attached hydrogen (secondary N) is 1. The number of carbonyl (C=O) groups is 4. The number of amides is 2. The Morgan fingerprint density at radius 3 is 1.08 bits per heavy atom. The van der Waals surface area contributed by atoms with Crippen molar-refractivity contribution in [3.63, 3.8) is 0 Å². The Bertz CT molecular complexity index is 2200. The van der Waals surface area contributed by atoms with E-state index in [-0.39, 0.29) is 12.2 Å². The summed E-state index contributed by atoms with van der Waals surface area (Å²) < 4.78 is 10.2. The number of carbonyl (C=O) groups excluding carboxylic acids is 4. The van der Waals surface area contributed by atoms with Gasteiger partial charge in [0.2, 0.25) is 0 Å². The number of benzene rings is 5. The van der Waals surface area contributed by atoms with Crippen molar-refractivity contribution < 1.29 is 28.7 Å². The maximum absolute atomic E-state index is 11.1. The Balaban J connectivity index is 0.000000752. The van der Waals surface area contributed by atoms with Crippen LogP contribution in [0.3, 0.4) is 0 Å². The Morgan fingerprint density at radius 1 is 0.548 bits per heavy atom. The maximum atomic E-state index is 11.1. The van der Waals surface area contributed by atoms with Gasteiger partial charge in [-0.05, 0) is 84.4 Å². The molecule has 0 heterocycles. The summed E-state index contributed by atoms with van der Waals surface area (Å²) in [6.45, 7) is 1.92. The summed E-state index contributed by atoms with van der Waals surface area (Å²) in [4.78, 5) is 45.5. The maximum Gasteiger partial charge on any atom is 0.409 e. The van der Waals surface area contributed by atoms with E-state index in [9.17, 15) is 19.2 Å². The minimum Gasteiger partial charge on any atom is -0.453 e. The van der Waals surface area contributed by atoms with Gasteiger partial charge in [0.25, 0.3) is 0 Å². The van der Waals surface area contributed by atoms with Crippen LogP contribution in [0.25, 0.3) is 0 Å². The lowest BCUT2D eigenvalue weighted by molar-refractivity contribution is 0.111. The van der Waals surface area contributed by atoms with Gasteiger partial charge in [-0.25, -0.2) is 9.59 Å². The first kappa shape index (κ1) is 54.2. The molecule has 5 rings (SSSR count). The van der Waals surface area contributed by atoms with Gasteiger partial charge in [-0.1, -0.05) is 100 Å². The molecule has 2 amide bonds. The van der Waals surface area contributed by atoms with Crippen molar-refractivity contribution >= 4 is 40.7 Å². The standard InChI is InChI=1S/2C12H13NO2.C10H11N.C9H6O.C7H5BrO.C2H2/c2*1-4-10-5-7-11(8-6-10)9-13(2)12(14)15-3;1-3-9-4-6-10(7-5-9)8-11-2;1-2-8-3-5-9(7-10)6-4-8;8-7-3-1-6(5-9)2-4-7;1-2/h2*1,5-8H,9H2,2-3H3;1,4-7,11H,8H2,2H3;1,3-7H;1-5H;1-2H. The molecule has 5 aromatic rings. The van der Waals surface area contributed by atoms with Crippen LogP contribution < -0.4 is 5.32 Å². The van der Waals surface area contributed by atoms with Crippen molar-refractivity contribution in [1.82, 2.24) is 15.1 Å². The van der Waals surface area contributed by atoms with Gasteiger partial charge in [0.15, 0.2) is 0 Å². The highest BCUT2D eigenvalue weighted by atomic mass is 79.9. The highest BCUT2D eigenvalue weighted by Gasteiger charge is 2.09. The van der Waals surface area contributed by atoms with E-state index in [0.29, 0.717) is 24.2 Å². The Hall–Kier alpha value is -7.78. The van der Waals surface area contributed by atoms with Gasteiger partial charge >= 0.3 is 12.2 Å². The number of hydrogen-bond donors (Lipinski definition) is 1. The molecule has 10 heteroatoms. The fourth-order valence-corrected chi connectivity index (χ4v) is 4.79. The topological polar surface area (TPSA) is 105 Å². The van der Waals surface area contributed by atoms with Crippen molar-refractivity contribution in [2.75, 3.05) is 35.4 Å². The molecular weight excluding hydrogens is 842 g/mol. The second-order valence-electron chi connectivity index (χ2n) is 12.3. The van der Waals surface area contributed by atoms with Crippen molar-refractivity contribution in [2.45, 2.75) is 19.6 Å². The second kappa shape index (κ2) is 33.1. The highest BCUT2D eigenvalue weighted by Crippen LogP contribution is 2.10. The van der Waals surface area contributed by atoms with E-state index in [1.54, 1.807) is 50.5 Å². The summed E-state index contributed by atoms with van der Waals surface area (Å²) in [5.74, 6) is 10.1. The first-order valence-corrected chi connectivity index (χ1v) is 19.1. The molecule has 0 unspecified atom stereocenters. The average Bonchev–Trinajstić information content (AvgIpc) is 3.33. The van der Waals surface area contributed by atoms with Crippen LogP contribution in [-0.2, 0) is 29.1 Å². The fraction of sp³-hybridized carbons (Fsp3) is 0.154. The molecule has 9 nitrogen and oxygen atoms in total. The molecule has 62 heavy (non-hydrogen) atoms. The molecule has 5 aromatic carbocycles. The normalized spacial score (nSPS) is 8.71. The zero-order valence-corrected chi connectivity index (χ0v) is 37.1. The van der Waals surface area contributed by atoms with Gasteiger partial charge < -0.3 is 24.6 Å². The lowest BCUT2D eigenvalue weighted by atomic mass is 10.1. The highest BCUT2D eigenvalue weighted by molar-refractivity contribution is 9.10. The number of nitrogens with zero attached hydrogens (tertiary/aromatic N) is 2. The van der Waals surface area contributed by atoms with Crippen LogP contribution in [0, 0.1) is 62.2 Å². The van der Waals surface area contributed by atoms with Crippen molar-refractivity contribution in [3.8, 4) is 62.2 Å². The van der Waals surface area contributed by atoms with E-state index in [1.807, 2.05) is 92.0 Å². The quantitative estimate of drug-likeness (QED) is 0.123. The fourth-order valence-electron chi connectivity index (χ4n) is 4.52. The minimum atomic E-state index is -0.351. The van der Waals surface area contributed by atoms with Crippen molar-refractivity contribution in [2.24, 2.45) is 0 Å². The molecular formula is C52H50BrN3O6. The largest absolute Gasteiger partial charge is 0.453 e. The Kier molecular flexibility index (Phi) is 28.9. The third-order valence-electron chi connectivity index (χ3n) is 7.77. The summed E-state index contributed by atoms with van der Waals surface area (Å²) in [6.07, 6.45) is 29.7. The van der Waals surface area contributed by atoms with Crippen LogP contribution in [0.5, 0.6) is 0 Å². The van der Waals surface area contributed by atoms with Gasteiger partial charge in [0, 0.05) is 71.6 Å². The summed E-state index contributed by atoms with van der Waals surface area (Å²) in [5, 5.41) is 3.07. The number of methoxy groups -OCH3 is 2. The van der Waals surface area contributed by atoms with Gasteiger partial charge in [0.05, 0.1) is 14.2 Å². The van der Waals surface area contributed by atoms with Crippen LogP contribution in [0.4, 0.5) is 9.59 Å². The molecule has 0 bridgehead atoms. The van der Waals surface area contributed by atoms with Crippen LogP contribution in [-0.4, -0.2) is 69.9 Å². The van der Waals surface area contributed by atoms with E-state index in [2.05, 4.69) is 67.2 Å². The van der Waals surface area contributed by atoms with Crippen molar-refractivity contribution in [1.29, 1.82) is 0 Å². The number of aldehydes is 2. The molecule has 316 valence electrons. The predicted octanol–water partition coefficient (Wildman–Crippen LogP) is 9.11. The smallest absolute Gasteiger partial charge is 0.409 e. The average molecular weight is 893 g/mol. The van der Waals surface area contributed by atoms with Crippen LogP contribution >= 0.6 is 15.9 Å². The first-order valence-electron chi connectivity index (χ1n) is 18.4. The van der Waals surface area contributed by atoms with Crippen molar-refractivity contribution in [3.05, 3.63) is 176 Å². The number of rotatable bonds is 8. The van der Waals surface area contributed by atoms with Crippen LogP contribution in [0.15, 0.2) is 126 Å². The van der Waals surface area contributed by atoms with E-state index < -0.39 is 0 Å². The lowest BCUT2D eigenvalue weighted by Crippen LogP contribution is -2.25. The first-order chi connectivity index (χ1) is 29.9. The number of hydrogen-bond acceptors (Lipinski definition) is 7. The molecule has 0 radical (unpaired) electrons. The van der Waals surface area contributed by atoms with E-state index in [0.717, 1.165) is 57.0 Å². The number of terminal acetylenes is 5. The molecule has 0 aliphatic rings. The van der Waals surface area contributed by atoms with Gasteiger partial charge in [0.1, 0.15) is 12.6 Å². The molecule has 0 aliphatic heterocycles. The lowest BCUT2D eigenvalue weighted by Gasteiger charge is -2.15. The molecule has 0 fully saturated rings. The second-order valence-corrected chi connectivity index (χ2v) is 13.2. The summed E-state index contributed by atoms with van der Waals surface area (Å²) in [5.41, 5.74) is 8.04. The van der Waals surface area contributed by atoms with E-state index >= 15 is 0 Å². The molecule has 0 aromatic heterocycles. The zero-order chi connectivity index (χ0) is 46.7.